The molecule has 0 rings (SSSR count). The Labute approximate surface area is 125 Å². The molecule has 1 N–H and O–H groups in total. The molecular formula is C14H25NO6. The van der Waals surface area contributed by atoms with Crippen molar-refractivity contribution >= 4 is 18.0 Å². The number of amides is 1. The zero-order valence-corrected chi connectivity index (χ0v) is 13.2. The minimum absolute atomic E-state index is 0.203. The average Bonchev–Trinajstić information content (AvgIpc) is 2.31. The van der Waals surface area contributed by atoms with E-state index in [4.69, 9.17) is 9.47 Å². The first-order chi connectivity index (χ1) is 9.74. The van der Waals surface area contributed by atoms with Gasteiger partial charge in [-0.05, 0) is 40.5 Å². The first-order valence-electron chi connectivity index (χ1n) is 7.02. The molecular weight excluding hydrogens is 278 g/mol. The molecule has 0 saturated carbocycles. The van der Waals surface area contributed by atoms with E-state index in [0.717, 1.165) is 0 Å². The number of carbonyl (C=O) groups excluding carboxylic acids is 3. The number of hydrogen-bond acceptors (Lipinski definition) is 6. The van der Waals surface area contributed by atoms with Crippen LogP contribution in [0.25, 0.3) is 0 Å². The SMILES string of the molecule is CCOC(=O)CC(=O)OCCCCNC(=O)OC(C)(C)C. The molecule has 0 spiro atoms. The molecule has 0 bridgehead atoms. The molecule has 0 fully saturated rings. The lowest BCUT2D eigenvalue weighted by molar-refractivity contribution is -0.154. The van der Waals surface area contributed by atoms with Crippen LogP contribution in [0.3, 0.4) is 0 Å². The number of unbranched alkanes of at least 4 members (excludes halogenated alkanes) is 1. The van der Waals surface area contributed by atoms with Gasteiger partial charge in [0.15, 0.2) is 0 Å². The number of hydrogen-bond donors (Lipinski definition) is 1. The van der Waals surface area contributed by atoms with Crippen LogP contribution in [-0.2, 0) is 23.8 Å². The van der Waals surface area contributed by atoms with Crippen LogP contribution in [0.5, 0.6) is 0 Å². The molecule has 0 unspecified atom stereocenters. The van der Waals surface area contributed by atoms with Crippen LogP contribution >= 0.6 is 0 Å². The van der Waals surface area contributed by atoms with Gasteiger partial charge in [-0.15, -0.1) is 0 Å². The van der Waals surface area contributed by atoms with E-state index in [1.165, 1.54) is 0 Å². The van der Waals surface area contributed by atoms with Gasteiger partial charge in [0.1, 0.15) is 12.0 Å². The van der Waals surface area contributed by atoms with Crippen molar-refractivity contribution in [2.24, 2.45) is 0 Å². The molecule has 1 amide bonds. The predicted molar refractivity (Wildman–Crippen MR) is 75.7 cm³/mol. The molecule has 0 atom stereocenters. The van der Waals surface area contributed by atoms with E-state index >= 15 is 0 Å². The molecule has 0 aliphatic rings. The summed E-state index contributed by atoms with van der Waals surface area (Å²) in [6.45, 7) is 7.91. The van der Waals surface area contributed by atoms with Gasteiger partial charge in [0.2, 0.25) is 0 Å². The summed E-state index contributed by atoms with van der Waals surface area (Å²) in [5.74, 6) is -1.19. The van der Waals surface area contributed by atoms with Crippen molar-refractivity contribution in [3.8, 4) is 0 Å². The maximum atomic E-state index is 11.3. The monoisotopic (exact) mass is 303 g/mol. The van der Waals surface area contributed by atoms with Gasteiger partial charge in [-0.2, -0.15) is 0 Å². The number of alkyl carbamates (subject to hydrolysis) is 1. The summed E-state index contributed by atoms with van der Waals surface area (Å²) < 4.78 is 14.5. The van der Waals surface area contributed by atoms with E-state index in [0.29, 0.717) is 19.4 Å². The first kappa shape index (κ1) is 19.2. The highest BCUT2D eigenvalue weighted by Crippen LogP contribution is 2.06. The van der Waals surface area contributed by atoms with Gasteiger partial charge in [-0.25, -0.2) is 4.79 Å². The van der Waals surface area contributed by atoms with Gasteiger partial charge in [0, 0.05) is 6.54 Å². The highest BCUT2D eigenvalue weighted by Gasteiger charge is 2.15. The fourth-order valence-corrected chi connectivity index (χ4v) is 1.30. The Hall–Kier alpha value is -1.79. The average molecular weight is 303 g/mol. The normalized spacial score (nSPS) is 10.7. The maximum Gasteiger partial charge on any atom is 0.407 e. The number of nitrogens with one attached hydrogen (secondary N) is 1. The Morgan fingerprint density at radius 3 is 2.19 bits per heavy atom. The number of esters is 2. The summed E-state index contributed by atoms with van der Waals surface area (Å²) in [6, 6.07) is 0. The smallest absolute Gasteiger partial charge is 0.407 e. The van der Waals surface area contributed by atoms with Gasteiger partial charge < -0.3 is 19.5 Å². The molecule has 0 saturated heterocycles. The molecule has 0 aromatic heterocycles. The Morgan fingerprint density at radius 2 is 1.62 bits per heavy atom. The predicted octanol–water partition coefficient (Wildman–Crippen LogP) is 1.79. The highest BCUT2D eigenvalue weighted by atomic mass is 16.6. The van der Waals surface area contributed by atoms with Crippen LogP contribution in [-0.4, -0.2) is 43.4 Å². The van der Waals surface area contributed by atoms with Gasteiger partial charge in [0.05, 0.1) is 13.2 Å². The van der Waals surface area contributed by atoms with Crippen LogP contribution in [0.4, 0.5) is 4.79 Å². The summed E-state index contributed by atoms with van der Waals surface area (Å²) in [5, 5.41) is 2.60. The summed E-state index contributed by atoms with van der Waals surface area (Å²) in [6.07, 6.45) is 0.391. The molecule has 0 aromatic carbocycles. The summed E-state index contributed by atoms with van der Waals surface area (Å²) in [4.78, 5) is 33.5. The van der Waals surface area contributed by atoms with E-state index in [9.17, 15) is 14.4 Å². The lowest BCUT2D eigenvalue weighted by Crippen LogP contribution is -2.33. The third-order valence-corrected chi connectivity index (χ3v) is 2.10. The zero-order valence-electron chi connectivity index (χ0n) is 13.2. The van der Waals surface area contributed by atoms with Gasteiger partial charge in [0.25, 0.3) is 0 Å². The minimum atomic E-state index is -0.603. The van der Waals surface area contributed by atoms with Crippen molar-refractivity contribution in [1.29, 1.82) is 0 Å². The van der Waals surface area contributed by atoms with E-state index in [1.54, 1.807) is 27.7 Å². The number of rotatable bonds is 8. The fourth-order valence-electron chi connectivity index (χ4n) is 1.30. The molecule has 0 aliphatic heterocycles. The van der Waals surface area contributed by atoms with Gasteiger partial charge in [-0.1, -0.05) is 0 Å². The Bertz CT molecular complexity index is 348. The standard InChI is InChI=1S/C14H25NO6/c1-5-19-11(16)10-12(17)20-9-7-6-8-15-13(18)21-14(2,3)4/h5-10H2,1-4H3,(H,15,18). The van der Waals surface area contributed by atoms with Crippen molar-refractivity contribution in [2.75, 3.05) is 19.8 Å². The van der Waals surface area contributed by atoms with Crippen LogP contribution in [0.2, 0.25) is 0 Å². The number of carbonyl (C=O) groups is 3. The van der Waals surface area contributed by atoms with Crippen molar-refractivity contribution in [3.05, 3.63) is 0 Å². The molecule has 0 radical (unpaired) electrons. The summed E-state index contributed by atoms with van der Waals surface area (Å²) in [7, 11) is 0. The van der Waals surface area contributed by atoms with E-state index in [-0.39, 0.29) is 19.6 Å². The molecule has 0 aromatic rings. The summed E-state index contributed by atoms with van der Waals surface area (Å²) in [5.41, 5.74) is -0.521. The van der Waals surface area contributed by atoms with Crippen molar-refractivity contribution < 1.29 is 28.6 Å². The highest BCUT2D eigenvalue weighted by molar-refractivity contribution is 5.91. The van der Waals surface area contributed by atoms with Crippen molar-refractivity contribution in [1.82, 2.24) is 5.32 Å². The van der Waals surface area contributed by atoms with E-state index in [2.05, 4.69) is 10.1 Å². The lowest BCUT2D eigenvalue weighted by atomic mass is 10.2. The zero-order chi connectivity index (χ0) is 16.3. The largest absolute Gasteiger partial charge is 0.466 e. The molecule has 7 nitrogen and oxygen atoms in total. The second kappa shape index (κ2) is 10.0. The second-order valence-electron chi connectivity index (χ2n) is 5.34. The minimum Gasteiger partial charge on any atom is -0.466 e. The fraction of sp³-hybridized carbons (Fsp3) is 0.786. The van der Waals surface area contributed by atoms with Crippen LogP contribution in [0.15, 0.2) is 0 Å². The Morgan fingerprint density at radius 1 is 1.00 bits per heavy atom. The topological polar surface area (TPSA) is 90.9 Å². The van der Waals surface area contributed by atoms with Crippen LogP contribution in [0.1, 0.15) is 47.0 Å². The second-order valence-corrected chi connectivity index (χ2v) is 5.34. The van der Waals surface area contributed by atoms with Gasteiger partial charge in [-0.3, -0.25) is 9.59 Å². The number of ether oxygens (including phenoxy) is 3. The molecule has 0 aliphatic carbocycles. The molecule has 21 heavy (non-hydrogen) atoms. The molecule has 7 heteroatoms. The van der Waals surface area contributed by atoms with Crippen LogP contribution < -0.4 is 5.32 Å². The van der Waals surface area contributed by atoms with Crippen molar-refractivity contribution in [2.45, 2.75) is 52.6 Å². The third-order valence-electron chi connectivity index (χ3n) is 2.10. The lowest BCUT2D eigenvalue weighted by Gasteiger charge is -2.19. The van der Waals surface area contributed by atoms with Crippen molar-refractivity contribution in [3.63, 3.8) is 0 Å². The Kier molecular flexibility index (Phi) is 9.16. The quantitative estimate of drug-likeness (QED) is 0.318. The van der Waals surface area contributed by atoms with Crippen LogP contribution in [0, 0.1) is 0 Å². The summed E-state index contributed by atoms with van der Waals surface area (Å²) >= 11 is 0. The Balaban J connectivity index is 3.54. The first-order valence-corrected chi connectivity index (χ1v) is 7.02. The van der Waals surface area contributed by atoms with E-state index < -0.39 is 23.6 Å². The third kappa shape index (κ3) is 13.0. The van der Waals surface area contributed by atoms with E-state index in [1.807, 2.05) is 0 Å². The molecule has 122 valence electrons. The molecule has 0 heterocycles. The maximum absolute atomic E-state index is 11.3. The van der Waals surface area contributed by atoms with Gasteiger partial charge >= 0.3 is 18.0 Å².